The van der Waals surface area contributed by atoms with Crippen molar-refractivity contribution in [3.8, 4) is 0 Å². The van der Waals surface area contributed by atoms with Gasteiger partial charge in [0.2, 0.25) is 0 Å². The van der Waals surface area contributed by atoms with Crippen LogP contribution in [0.3, 0.4) is 0 Å². The van der Waals surface area contributed by atoms with E-state index in [-0.39, 0.29) is 18.6 Å². The molecule has 0 fully saturated rings. The summed E-state index contributed by atoms with van der Waals surface area (Å²) in [4.78, 5) is 23.6. The molecular weight excluding hydrogens is 278 g/mol. The summed E-state index contributed by atoms with van der Waals surface area (Å²) in [5.74, 6) is -0.820. The number of amides is 1. The zero-order chi connectivity index (χ0) is 15.9. The van der Waals surface area contributed by atoms with Gasteiger partial charge in [0.25, 0.3) is 5.91 Å². The lowest BCUT2D eigenvalue weighted by atomic mass is 10.1. The monoisotopic (exact) mass is 297 g/mol. The van der Waals surface area contributed by atoms with Crippen LogP contribution in [0.4, 0.5) is 0 Å². The Hall–Kier alpha value is -2.62. The second-order valence-corrected chi connectivity index (χ2v) is 5.14. The number of hydrogen-bond acceptors (Lipinski definition) is 3. The van der Waals surface area contributed by atoms with Crippen molar-refractivity contribution in [2.75, 3.05) is 6.61 Å². The fourth-order valence-electron chi connectivity index (χ4n) is 2.01. The van der Waals surface area contributed by atoms with Gasteiger partial charge in [-0.25, -0.2) is 4.79 Å². The number of benzene rings is 2. The summed E-state index contributed by atoms with van der Waals surface area (Å²) in [5, 5.41) is 2.80. The summed E-state index contributed by atoms with van der Waals surface area (Å²) < 4.78 is 5.02. The number of nitrogens with one attached hydrogen (secondary N) is 1. The van der Waals surface area contributed by atoms with E-state index in [1.165, 1.54) is 0 Å². The second-order valence-electron chi connectivity index (χ2n) is 5.14. The molecule has 0 aromatic heterocycles. The second kappa shape index (κ2) is 7.41. The SMILES string of the molecule is Cc1ccc(C(=O)OCC(=O)N[C@@H](C)c2ccccc2)cc1. The summed E-state index contributed by atoms with van der Waals surface area (Å²) in [6.45, 7) is 3.53. The van der Waals surface area contributed by atoms with Crippen LogP contribution in [0, 0.1) is 6.92 Å². The molecule has 0 radical (unpaired) electrons. The van der Waals surface area contributed by atoms with E-state index < -0.39 is 5.97 Å². The Morgan fingerprint density at radius 2 is 1.68 bits per heavy atom. The lowest BCUT2D eigenvalue weighted by molar-refractivity contribution is -0.124. The molecule has 0 aliphatic rings. The van der Waals surface area contributed by atoms with E-state index in [0.717, 1.165) is 11.1 Å². The van der Waals surface area contributed by atoms with Crippen LogP contribution >= 0.6 is 0 Å². The zero-order valence-corrected chi connectivity index (χ0v) is 12.7. The Morgan fingerprint density at radius 3 is 2.32 bits per heavy atom. The number of rotatable bonds is 5. The highest BCUT2D eigenvalue weighted by atomic mass is 16.5. The normalized spacial score (nSPS) is 11.5. The topological polar surface area (TPSA) is 55.4 Å². The molecule has 0 aliphatic carbocycles. The minimum atomic E-state index is -0.498. The molecule has 0 bridgehead atoms. The molecule has 0 unspecified atom stereocenters. The van der Waals surface area contributed by atoms with Gasteiger partial charge in [0, 0.05) is 0 Å². The van der Waals surface area contributed by atoms with Crippen LogP contribution < -0.4 is 5.32 Å². The van der Waals surface area contributed by atoms with Crippen molar-refractivity contribution in [2.24, 2.45) is 0 Å². The molecule has 0 spiro atoms. The quantitative estimate of drug-likeness (QED) is 0.863. The van der Waals surface area contributed by atoms with Gasteiger partial charge >= 0.3 is 5.97 Å². The molecule has 0 aliphatic heterocycles. The smallest absolute Gasteiger partial charge is 0.338 e. The largest absolute Gasteiger partial charge is 0.452 e. The van der Waals surface area contributed by atoms with E-state index in [2.05, 4.69) is 5.32 Å². The highest BCUT2D eigenvalue weighted by Gasteiger charge is 2.12. The van der Waals surface area contributed by atoms with E-state index in [4.69, 9.17) is 4.74 Å². The number of hydrogen-bond donors (Lipinski definition) is 1. The van der Waals surface area contributed by atoms with Crippen molar-refractivity contribution in [1.29, 1.82) is 0 Å². The van der Waals surface area contributed by atoms with E-state index >= 15 is 0 Å². The average Bonchev–Trinajstić information content (AvgIpc) is 2.54. The van der Waals surface area contributed by atoms with E-state index in [9.17, 15) is 9.59 Å². The van der Waals surface area contributed by atoms with E-state index in [1.54, 1.807) is 12.1 Å². The molecule has 2 aromatic carbocycles. The standard InChI is InChI=1S/C18H19NO3/c1-13-8-10-16(11-9-13)18(21)22-12-17(20)19-14(2)15-6-4-3-5-7-15/h3-11,14H,12H2,1-2H3,(H,19,20)/t14-/m0/s1. The Balaban J connectivity index is 1.82. The molecule has 22 heavy (non-hydrogen) atoms. The molecular formula is C18H19NO3. The summed E-state index contributed by atoms with van der Waals surface area (Å²) in [6.07, 6.45) is 0. The predicted molar refractivity (Wildman–Crippen MR) is 84.5 cm³/mol. The highest BCUT2D eigenvalue weighted by molar-refractivity contribution is 5.91. The maximum Gasteiger partial charge on any atom is 0.338 e. The molecule has 4 nitrogen and oxygen atoms in total. The Bertz CT molecular complexity index is 635. The zero-order valence-electron chi connectivity index (χ0n) is 12.7. The molecule has 0 saturated carbocycles. The van der Waals surface area contributed by atoms with Crippen LogP contribution in [0.1, 0.15) is 34.5 Å². The van der Waals surface area contributed by atoms with Crippen LogP contribution in [-0.2, 0) is 9.53 Å². The Labute approximate surface area is 130 Å². The predicted octanol–water partition coefficient (Wildman–Crippen LogP) is 3.03. The third kappa shape index (κ3) is 4.45. The number of ether oxygens (including phenoxy) is 1. The lowest BCUT2D eigenvalue weighted by Gasteiger charge is -2.14. The lowest BCUT2D eigenvalue weighted by Crippen LogP contribution is -2.31. The van der Waals surface area contributed by atoms with Crippen LogP contribution in [0.2, 0.25) is 0 Å². The first-order chi connectivity index (χ1) is 10.6. The van der Waals surface area contributed by atoms with Crippen molar-refractivity contribution in [3.63, 3.8) is 0 Å². The Kier molecular flexibility index (Phi) is 5.31. The highest BCUT2D eigenvalue weighted by Crippen LogP contribution is 2.11. The van der Waals surface area contributed by atoms with Crippen molar-refractivity contribution in [2.45, 2.75) is 19.9 Å². The van der Waals surface area contributed by atoms with Crippen molar-refractivity contribution < 1.29 is 14.3 Å². The van der Waals surface area contributed by atoms with Gasteiger partial charge in [-0.3, -0.25) is 4.79 Å². The summed E-state index contributed by atoms with van der Waals surface area (Å²) in [5.41, 5.74) is 2.50. The molecule has 0 heterocycles. The molecule has 2 rings (SSSR count). The Morgan fingerprint density at radius 1 is 1.05 bits per heavy atom. The molecule has 0 saturated heterocycles. The first-order valence-corrected chi connectivity index (χ1v) is 7.14. The van der Waals surface area contributed by atoms with Crippen LogP contribution in [0.15, 0.2) is 54.6 Å². The van der Waals surface area contributed by atoms with Crippen molar-refractivity contribution in [3.05, 3.63) is 71.3 Å². The van der Waals surface area contributed by atoms with Gasteiger partial charge in [-0.05, 0) is 31.5 Å². The van der Waals surface area contributed by atoms with Crippen LogP contribution in [0.25, 0.3) is 0 Å². The van der Waals surface area contributed by atoms with E-state index in [1.807, 2.05) is 56.3 Å². The third-order valence-electron chi connectivity index (χ3n) is 3.30. The fraction of sp³-hybridized carbons (Fsp3) is 0.222. The van der Waals surface area contributed by atoms with Gasteiger partial charge in [0.15, 0.2) is 6.61 Å². The van der Waals surface area contributed by atoms with E-state index in [0.29, 0.717) is 5.56 Å². The summed E-state index contributed by atoms with van der Waals surface area (Å²) >= 11 is 0. The van der Waals surface area contributed by atoms with Gasteiger partial charge in [-0.2, -0.15) is 0 Å². The van der Waals surface area contributed by atoms with Crippen molar-refractivity contribution >= 4 is 11.9 Å². The van der Waals surface area contributed by atoms with Gasteiger partial charge < -0.3 is 10.1 Å². The van der Waals surface area contributed by atoms with Crippen molar-refractivity contribution in [1.82, 2.24) is 5.32 Å². The number of aryl methyl sites for hydroxylation is 1. The number of carbonyl (C=O) groups excluding carboxylic acids is 2. The number of carbonyl (C=O) groups is 2. The van der Waals surface area contributed by atoms with Crippen LogP contribution in [-0.4, -0.2) is 18.5 Å². The maximum atomic E-state index is 11.8. The first-order valence-electron chi connectivity index (χ1n) is 7.14. The fourth-order valence-corrected chi connectivity index (χ4v) is 2.01. The van der Waals surface area contributed by atoms with Gasteiger partial charge in [0.05, 0.1) is 11.6 Å². The molecule has 1 N–H and O–H groups in total. The minimum Gasteiger partial charge on any atom is -0.452 e. The van der Waals surface area contributed by atoms with Gasteiger partial charge in [-0.15, -0.1) is 0 Å². The number of esters is 1. The molecule has 2 aromatic rings. The van der Waals surface area contributed by atoms with Gasteiger partial charge in [0.1, 0.15) is 0 Å². The third-order valence-corrected chi connectivity index (χ3v) is 3.30. The molecule has 114 valence electrons. The minimum absolute atomic E-state index is 0.133. The average molecular weight is 297 g/mol. The maximum absolute atomic E-state index is 11.8. The van der Waals surface area contributed by atoms with Gasteiger partial charge in [-0.1, -0.05) is 48.0 Å². The first kappa shape index (κ1) is 15.8. The summed E-state index contributed by atoms with van der Waals surface area (Å²) in [7, 11) is 0. The molecule has 1 atom stereocenters. The van der Waals surface area contributed by atoms with Crippen LogP contribution in [0.5, 0.6) is 0 Å². The molecule has 1 amide bonds. The summed E-state index contributed by atoms with van der Waals surface area (Å²) in [6, 6.07) is 16.5. The molecule has 4 heteroatoms.